The molecule has 8 nitrogen and oxygen atoms in total. The first-order chi connectivity index (χ1) is 14.5. The number of hydrogen-bond donors (Lipinski definition) is 3. The van der Waals surface area contributed by atoms with Gasteiger partial charge in [-0.3, -0.25) is 14.4 Å². The summed E-state index contributed by atoms with van der Waals surface area (Å²) in [4.78, 5) is 38.5. The summed E-state index contributed by atoms with van der Waals surface area (Å²) in [5.74, 6) is -0.334. The molecule has 3 N–H and O–H groups in total. The summed E-state index contributed by atoms with van der Waals surface area (Å²) in [6.07, 6.45) is 0.0812. The molecule has 1 heterocycles. The number of nitrogens with zero attached hydrogens (tertiary/aromatic N) is 1. The first-order valence-electron chi connectivity index (χ1n) is 9.88. The van der Waals surface area contributed by atoms with Gasteiger partial charge in [-0.25, -0.2) is 0 Å². The van der Waals surface area contributed by atoms with E-state index in [9.17, 15) is 14.4 Å². The fourth-order valence-electron chi connectivity index (χ4n) is 3.31. The smallest absolute Gasteiger partial charge is 0.262 e. The molecule has 0 saturated heterocycles. The zero-order valence-electron chi connectivity index (χ0n) is 17.1. The fourth-order valence-corrected chi connectivity index (χ4v) is 3.31. The van der Waals surface area contributed by atoms with Gasteiger partial charge < -0.3 is 25.6 Å². The van der Waals surface area contributed by atoms with E-state index >= 15 is 0 Å². The lowest BCUT2D eigenvalue weighted by Gasteiger charge is -2.34. The van der Waals surface area contributed by atoms with E-state index in [-0.39, 0.29) is 37.4 Å². The van der Waals surface area contributed by atoms with Crippen molar-refractivity contribution in [3.8, 4) is 5.75 Å². The second kappa shape index (κ2) is 9.78. The second-order valence-corrected chi connectivity index (χ2v) is 6.90. The average Bonchev–Trinajstić information content (AvgIpc) is 2.77. The number of para-hydroxylation sites is 3. The lowest BCUT2D eigenvalue weighted by Crippen LogP contribution is -2.51. The van der Waals surface area contributed by atoms with Crippen LogP contribution in [0.25, 0.3) is 0 Å². The molecule has 1 aliphatic rings. The normalized spacial score (nSPS) is 14.9. The first kappa shape index (κ1) is 21.2. The van der Waals surface area contributed by atoms with Crippen molar-refractivity contribution in [3.05, 3.63) is 54.1 Å². The largest absolute Gasteiger partial charge is 0.477 e. The van der Waals surface area contributed by atoms with Crippen molar-refractivity contribution in [2.24, 2.45) is 0 Å². The number of carbonyl (C=O) groups is 3. The molecule has 8 heteroatoms. The van der Waals surface area contributed by atoms with E-state index in [0.717, 1.165) is 23.4 Å². The number of hydrogen-bond acceptors (Lipinski definition) is 5. The van der Waals surface area contributed by atoms with Gasteiger partial charge in [0.1, 0.15) is 5.75 Å². The van der Waals surface area contributed by atoms with Crippen LogP contribution in [0.15, 0.2) is 48.5 Å². The maximum absolute atomic E-state index is 12.5. The standard InChI is InChI=1S/C22H26N4O4/c1-3-15-8-4-5-9-16(15)25-20(27)12-24-21(28)14-26-13-19(22(29)23-2)30-18-11-7-6-10-17(18)26/h4-11,19H,3,12-14H2,1-2H3,(H,23,29)(H,24,28)(H,25,27)/t19-/m1/s1. The van der Waals surface area contributed by atoms with E-state index in [1.165, 1.54) is 0 Å². The van der Waals surface area contributed by atoms with Gasteiger partial charge in [-0.1, -0.05) is 37.3 Å². The summed E-state index contributed by atoms with van der Waals surface area (Å²) in [7, 11) is 1.54. The number of likely N-dealkylation sites (N-methyl/N-ethyl adjacent to an activating group) is 1. The van der Waals surface area contributed by atoms with Gasteiger partial charge >= 0.3 is 0 Å². The molecule has 3 amide bonds. The molecule has 0 aromatic heterocycles. The van der Waals surface area contributed by atoms with Gasteiger partial charge in [-0.15, -0.1) is 0 Å². The van der Waals surface area contributed by atoms with Gasteiger partial charge in [-0.05, 0) is 30.2 Å². The summed E-state index contributed by atoms with van der Waals surface area (Å²) < 4.78 is 5.73. The highest BCUT2D eigenvalue weighted by atomic mass is 16.5. The minimum atomic E-state index is -0.716. The molecule has 2 aromatic carbocycles. The number of fused-ring (bicyclic) bond motifs is 1. The predicted octanol–water partition coefficient (Wildman–Crippen LogP) is 1.32. The molecule has 1 aliphatic heterocycles. The van der Waals surface area contributed by atoms with Crippen LogP contribution in [0.1, 0.15) is 12.5 Å². The van der Waals surface area contributed by atoms with E-state index < -0.39 is 6.10 Å². The van der Waals surface area contributed by atoms with Crippen molar-refractivity contribution < 1.29 is 19.1 Å². The summed E-state index contributed by atoms with van der Waals surface area (Å²) in [6, 6.07) is 14.8. The molecular formula is C22H26N4O4. The summed E-state index contributed by atoms with van der Waals surface area (Å²) in [6.45, 7) is 2.12. The van der Waals surface area contributed by atoms with Gasteiger partial charge in [0, 0.05) is 12.7 Å². The van der Waals surface area contributed by atoms with Gasteiger partial charge in [0.2, 0.25) is 11.8 Å². The molecule has 0 unspecified atom stereocenters. The van der Waals surface area contributed by atoms with Crippen LogP contribution in [0.3, 0.4) is 0 Å². The molecule has 0 spiro atoms. The quantitative estimate of drug-likeness (QED) is 0.639. The van der Waals surface area contributed by atoms with Crippen LogP contribution >= 0.6 is 0 Å². The topological polar surface area (TPSA) is 99.8 Å². The van der Waals surface area contributed by atoms with Crippen molar-refractivity contribution in [2.75, 3.05) is 36.9 Å². The van der Waals surface area contributed by atoms with Gasteiger partial charge in [0.25, 0.3) is 5.91 Å². The predicted molar refractivity (Wildman–Crippen MR) is 115 cm³/mol. The lowest BCUT2D eigenvalue weighted by atomic mass is 10.1. The Morgan fingerprint density at radius 1 is 1.07 bits per heavy atom. The highest BCUT2D eigenvalue weighted by molar-refractivity contribution is 5.95. The van der Waals surface area contributed by atoms with Gasteiger partial charge in [0.05, 0.1) is 25.3 Å². The number of carbonyl (C=O) groups excluding carboxylic acids is 3. The second-order valence-electron chi connectivity index (χ2n) is 6.90. The van der Waals surface area contributed by atoms with E-state index in [0.29, 0.717) is 5.75 Å². The van der Waals surface area contributed by atoms with E-state index in [2.05, 4.69) is 16.0 Å². The van der Waals surface area contributed by atoms with Crippen LogP contribution in [0.2, 0.25) is 0 Å². The molecule has 0 radical (unpaired) electrons. The number of benzene rings is 2. The van der Waals surface area contributed by atoms with Crippen molar-refractivity contribution >= 4 is 29.1 Å². The Morgan fingerprint density at radius 2 is 1.80 bits per heavy atom. The Morgan fingerprint density at radius 3 is 2.57 bits per heavy atom. The Bertz CT molecular complexity index is 931. The minimum absolute atomic E-state index is 0.00664. The first-order valence-corrected chi connectivity index (χ1v) is 9.88. The molecule has 2 aromatic rings. The van der Waals surface area contributed by atoms with Gasteiger partial charge in [-0.2, -0.15) is 0 Å². The van der Waals surface area contributed by atoms with Crippen LogP contribution in [0.4, 0.5) is 11.4 Å². The Labute approximate surface area is 175 Å². The number of amides is 3. The number of rotatable bonds is 7. The van der Waals surface area contributed by atoms with Crippen LogP contribution in [0.5, 0.6) is 5.75 Å². The van der Waals surface area contributed by atoms with Crippen molar-refractivity contribution in [3.63, 3.8) is 0 Å². The third kappa shape index (κ3) is 5.08. The summed E-state index contributed by atoms with van der Waals surface area (Å²) in [5.41, 5.74) is 2.51. The van der Waals surface area contributed by atoms with Crippen LogP contribution in [0, 0.1) is 0 Å². The number of aryl methyl sites for hydroxylation is 1. The molecule has 0 fully saturated rings. The van der Waals surface area contributed by atoms with E-state index in [1.807, 2.05) is 49.4 Å². The van der Waals surface area contributed by atoms with Crippen molar-refractivity contribution in [1.29, 1.82) is 0 Å². The molecule has 0 saturated carbocycles. The third-order valence-electron chi connectivity index (χ3n) is 4.85. The third-order valence-corrected chi connectivity index (χ3v) is 4.85. The molecule has 3 rings (SSSR count). The lowest BCUT2D eigenvalue weighted by molar-refractivity contribution is -0.127. The summed E-state index contributed by atoms with van der Waals surface area (Å²) in [5, 5.41) is 8.04. The number of ether oxygens (including phenoxy) is 1. The SMILES string of the molecule is CCc1ccccc1NC(=O)CNC(=O)CN1C[C@H](C(=O)NC)Oc2ccccc21. The Kier molecular flexibility index (Phi) is 6.90. The van der Waals surface area contributed by atoms with Crippen LogP contribution in [-0.4, -0.2) is 50.5 Å². The van der Waals surface area contributed by atoms with E-state index in [4.69, 9.17) is 4.74 Å². The fraction of sp³-hybridized carbons (Fsp3) is 0.318. The zero-order chi connectivity index (χ0) is 21.5. The van der Waals surface area contributed by atoms with Gasteiger partial charge in [0.15, 0.2) is 6.10 Å². The van der Waals surface area contributed by atoms with Crippen molar-refractivity contribution in [1.82, 2.24) is 10.6 Å². The van der Waals surface area contributed by atoms with Crippen LogP contribution < -0.4 is 25.6 Å². The maximum atomic E-state index is 12.5. The highest BCUT2D eigenvalue weighted by Gasteiger charge is 2.31. The Hall–Kier alpha value is -3.55. The maximum Gasteiger partial charge on any atom is 0.262 e. The average molecular weight is 410 g/mol. The minimum Gasteiger partial charge on any atom is -0.477 e. The molecule has 0 aliphatic carbocycles. The highest BCUT2D eigenvalue weighted by Crippen LogP contribution is 2.32. The molecule has 0 bridgehead atoms. The zero-order valence-corrected chi connectivity index (χ0v) is 17.1. The molecule has 1 atom stereocenters. The van der Waals surface area contributed by atoms with E-state index in [1.54, 1.807) is 18.0 Å². The molecule has 30 heavy (non-hydrogen) atoms. The number of anilines is 2. The molecular weight excluding hydrogens is 384 g/mol. The van der Waals surface area contributed by atoms with Crippen LogP contribution in [-0.2, 0) is 20.8 Å². The number of nitrogens with one attached hydrogen (secondary N) is 3. The summed E-state index contributed by atoms with van der Waals surface area (Å²) >= 11 is 0. The van der Waals surface area contributed by atoms with Crippen molar-refractivity contribution in [2.45, 2.75) is 19.4 Å². The molecule has 158 valence electrons. The monoisotopic (exact) mass is 410 g/mol. The Balaban J connectivity index is 1.58.